The number of para-hydroxylation sites is 1. The van der Waals surface area contributed by atoms with Crippen molar-refractivity contribution in [2.75, 3.05) is 6.54 Å². The number of aromatic nitrogens is 2. The number of hydrogen-bond donors (Lipinski definition) is 2. The number of aryl methyl sites for hydroxylation is 1. The summed E-state index contributed by atoms with van der Waals surface area (Å²) in [6.07, 6.45) is 5.86. The topological polar surface area (TPSA) is 59.0 Å². The number of carbonyl (C=O) groups excluding carboxylic acids is 1. The molecular weight excluding hydrogens is 372 g/mol. The van der Waals surface area contributed by atoms with Crippen LogP contribution < -0.4 is 10.6 Å². The number of fused-ring (bicyclic) bond motifs is 1. The second kappa shape index (κ2) is 9.27. The van der Waals surface area contributed by atoms with Gasteiger partial charge in [0.2, 0.25) is 0 Å². The largest absolute Gasteiger partial charge is 0.347 e. The van der Waals surface area contributed by atoms with Gasteiger partial charge in [-0.1, -0.05) is 54.6 Å². The summed E-state index contributed by atoms with van der Waals surface area (Å²) in [6.45, 7) is 4.03. The fraction of sp³-hybridized carbons (Fsp3) is 0.200. The number of rotatable bonds is 7. The Morgan fingerprint density at radius 2 is 1.80 bits per heavy atom. The van der Waals surface area contributed by atoms with Crippen molar-refractivity contribution >= 4 is 16.9 Å². The van der Waals surface area contributed by atoms with E-state index in [9.17, 15) is 4.79 Å². The molecule has 0 aliphatic carbocycles. The maximum absolute atomic E-state index is 12.5. The number of nitrogens with zero attached hydrogens (tertiary/aromatic N) is 2. The van der Waals surface area contributed by atoms with Gasteiger partial charge >= 0.3 is 6.03 Å². The van der Waals surface area contributed by atoms with E-state index in [4.69, 9.17) is 0 Å². The second-order valence-corrected chi connectivity index (χ2v) is 7.28. The van der Waals surface area contributed by atoms with Gasteiger partial charge in [-0.05, 0) is 35.7 Å². The van der Waals surface area contributed by atoms with Crippen molar-refractivity contribution in [2.24, 2.45) is 0 Å². The van der Waals surface area contributed by atoms with Crippen molar-refractivity contribution in [3.63, 3.8) is 0 Å². The lowest BCUT2D eigenvalue weighted by Crippen LogP contribution is -2.37. The van der Waals surface area contributed by atoms with Crippen LogP contribution in [-0.2, 0) is 13.1 Å². The number of pyridine rings is 1. The number of carbonyl (C=O) groups is 1. The van der Waals surface area contributed by atoms with Gasteiger partial charge in [-0.2, -0.15) is 0 Å². The molecule has 2 aromatic heterocycles. The van der Waals surface area contributed by atoms with Gasteiger partial charge in [-0.15, -0.1) is 0 Å². The molecule has 2 aromatic carbocycles. The third-order valence-electron chi connectivity index (χ3n) is 5.38. The maximum Gasteiger partial charge on any atom is 0.315 e. The fourth-order valence-corrected chi connectivity index (χ4v) is 3.84. The highest BCUT2D eigenvalue weighted by Crippen LogP contribution is 2.31. The molecule has 152 valence electrons. The molecule has 0 bridgehead atoms. The summed E-state index contributed by atoms with van der Waals surface area (Å²) in [6, 6.07) is 22.2. The van der Waals surface area contributed by atoms with Crippen molar-refractivity contribution in [3.05, 3.63) is 102 Å². The van der Waals surface area contributed by atoms with Gasteiger partial charge in [0.1, 0.15) is 0 Å². The molecular formula is C25H26N4O. The smallest absolute Gasteiger partial charge is 0.315 e. The average molecular weight is 399 g/mol. The Balaban J connectivity index is 1.55. The lowest BCUT2D eigenvalue weighted by molar-refractivity contribution is 0.240. The van der Waals surface area contributed by atoms with E-state index in [2.05, 4.69) is 63.6 Å². The molecule has 0 aliphatic rings. The minimum atomic E-state index is -0.174. The van der Waals surface area contributed by atoms with Gasteiger partial charge in [-0.25, -0.2) is 4.79 Å². The Hall–Kier alpha value is -3.60. The lowest BCUT2D eigenvalue weighted by Gasteiger charge is -2.18. The zero-order valence-corrected chi connectivity index (χ0v) is 17.1. The molecule has 5 nitrogen and oxygen atoms in total. The summed E-state index contributed by atoms with van der Waals surface area (Å²) in [5.41, 5.74) is 4.56. The van der Waals surface area contributed by atoms with Gasteiger partial charge in [0, 0.05) is 55.0 Å². The van der Waals surface area contributed by atoms with Crippen molar-refractivity contribution < 1.29 is 4.79 Å². The monoisotopic (exact) mass is 398 g/mol. The zero-order chi connectivity index (χ0) is 20.8. The van der Waals surface area contributed by atoms with E-state index >= 15 is 0 Å². The highest BCUT2D eigenvalue weighted by atomic mass is 16.2. The third-order valence-corrected chi connectivity index (χ3v) is 5.38. The Kier molecular flexibility index (Phi) is 6.09. The normalized spacial score (nSPS) is 11.9. The van der Waals surface area contributed by atoms with Gasteiger partial charge in [0.15, 0.2) is 0 Å². The van der Waals surface area contributed by atoms with Crippen LogP contribution in [0.5, 0.6) is 0 Å². The zero-order valence-electron chi connectivity index (χ0n) is 17.1. The van der Waals surface area contributed by atoms with E-state index < -0.39 is 0 Å². The minimum absolute atomic E-state index is 0.0128. The Morgan fingerprint density at radius 1 is 1.00 bits per heavy atom. The van der Waals surface area contributed by atoms with Crippen molar-refractivity contribution in [1.82, 2.24) is 20.2 Å². The second-order valence-electron chi connectivity index (χ2n) is 7.28. The van der Waals surface area contributed by atoms with Crippen LogP contribution in [0.25, 0.3) is 10.9 Å². The number of amides is 2. The predicted octanol–water partition coefficient (Wildman–Crippen LogP) is 4.69. The molecule has 2 heterocycles. The first-order chi connectivity index (χ1) is 14.8. The number of nitrogens with one attached hydrogen (secondary N) is 2. The standard InChI is InChI=1S/C25H26N4O/c1-2-29-18-23(21-12-6-7-13-24(21)29)22(20-11-8-14-26-16-20)17-28-25(30)27-15-19-9-4-3-5-10-19/h3-14,16,18,22H,2,15,17H2,1H3,(H2,27,28,30). The van der Waals surface area contributed by atoms with Crippen molar-refractivity contribution in [1.29, 1.82) is 0 Å². The first kappa shape index (κ1) is 19.7. The highest BCUT2D eigenvalue weighted by Gasteiger charge is 2.20. The van der Waals surface area contributed by atoms with Crippen LogP contribution in [0, 0.1) is 0 Å². The molecule has 0 saturated heterocycles. The van der Waals surface area contributed by atoms with Crippen LogP contribution in [-0.4, -0.2) is 22.1 Å². The van der Waals surface area contributed by atoms with Gasteiger partial charge in [-0.3, -0.25) is 4.98 Å². The van der Waals surface area contributed by atoms with Crippen LogP contribution >= 0.6 is 0 Å². The molecule has 0 saturated carbocycles. The Morgan fingerprint density at radius 3 is 2.57 bits per heavy atom. The van der Waals surface area contributed by atoms with Crippen LogP contribution in [0.1, 0.15) is 29.5 Å². The van der Waals surface area contributed by atoms with Crippen LogP contribution in [0.15, 0.2) is 85.3 Å². The molecule has 0 radical (unpaired) electrons. The third kappa shape index (κ3) is 4.35. The minimum Gasteiger partial charge on any atom is -0.347 e. The average Bonchev–Trinajstić information content (AvgIpc) is 3.18. The molecule has 2 amide bonds. The molecule has 30 heavy (non-hydrogen) atoms. The Bertz CT molecular complexity index is 1110. The molecule has 5 heteroatoms. The summed E-state index contributed by atoms with van der Waals surface area (Å²) in [5, 5.41) is 7.20. The van der Waals surface area contributed by atoms with E-state index in [0.717, 1.165) is 17.7 Å². The number of urea groups is 1. The molecule has 1 atom stereocenters. The van der Waals surface area contributed by atoms with Gasteiger partial charge < -0.3 is 15.2 Å². The number of hydrogen-bond acceptors (Lipinski definition) is 2. The van der Waals surface area contributed by atoms with E-state index in [0.29, 0.717) is 13.1 Å². The first-order valence-corrected chi connectivity index (χ1v) is 10.3. The van der Waals surface area contributed by atoms with Crippen molar-refractivity contribution in [2.45, 2.75) is 25.9 Å². The van der Waals surface area contributed by atoms with Gasteiger partial charge in [0.05, 0.1) is 0 Å². The summed E-state index contributed by atoms with van der Waals surface area (Å²) >= 11 is 0. The summed E-state index contributed by atoms with van der Waals surface area (Å²) < 4.78 is 2.25. The van der Waals surface area contributed by atoms with E-state index in [-0.39, 0.29) is 11.9 Å². The molecule has 0 fully saturated rings. The molecule has 1 unspecified atom stereocenters. The fourth-order valence-electron chi connectivity index (χ4n) is 3.84. The first-order valence-electron chi connectivity index (χ1n) is 10.3. The van der Waals surface area contributed by atoms with E-state index in [1.54, 1.807) is 6.20 Å². The SMILES string of the molecule is CCn1cc(C(CNC(=O)NCc2ccccc2)c2cccnc2)c2ccccc21. The van der Waals surface area contributed by atoms with Crippen LogP contribution in [0.4, 0.5) is 4.79 Å². The van der Waals surface area contributed by atoms with E-state index in [1.807, 2.05) is 42.6 Å². The van der Waals surface area contributed by atoms with Crippen molar-refractivity contribution in [3.8, 4) is 0 Å². The Labute approximate surface area is 176 Å². The lowest BCUT2D eigenvalue weighted by atomic mass is 9.92. The summed E-state index contributed by atoms with van der Waals surface area (Å²) in [7, 11) is 0. The van der Waals surface area contributed by atoms with E-state index in [1.165, 1.54) is 16.5 Å². The molecule has 4 aromatic rings. The quantitative estimate of drug-likeness (QED) is 0.475. The molecule has 4 rings (SSSR count). The predicted molar refractivity (Wildman–Crippen MR) is 120 cm³/mol. The maximum atomic E-state index is 12.5. The molecule has 0 spiro atoms. The highest BCUT2D eigenvalue weighted by molar-refractivity contribution is 5.85. The molecule has 0 aliphatic heterocycles. The molecule has 2 N–H and O–H groups in total. The summed E-state index contributed by atoms with van der Waals surface area (Å²) in [5.74, 6) is 0.0128. The number of benzene rings is 2. The van der Waals surface area contributed by atoms with Crippen LogP contribution in [0.3, 0.4) is 0 Å². The summed E-state index contributed by atoms with van der Waals surface area (Å²) in [4.78, 5) is 16.8. The van der Waals surface area contributed by atoms with Crippen LogP contribution in [0.2, 0.25) is 0 Å². The van der Waals surface area contributed by atoms with Gasteiger partial charge in [0.25, 0.3) is 0 Å².